The van der Waals surface area contributed by atoms with Crippen LogP contribution in [0, 0.1) is 5.92 Å². The molecule has 0 aromatic heterocycles. The number of carboxylic acid groups (broad SMARTS) is 1. The Balaban J connectivity index is 1.18. The maximum atomic E-state index is 11.0. The van der Waals surface area contributed by atoms with Crippen molar-refractivity contribution in [1.29, 1.82) is 0 Å². The number of rotatable bonds is 9. The lowest BCUT2D eigenvalue weighted by molar-refractivity contribution is 0.0697. The highest BCUT2D eigenvalue weighted by molar-refractivity contribution is 5.87. The van der Waals surface area contributed by atoms with Crippen molar-refractivity contribution in [1.82, 2.24) is 10.6 Å². The lowest BCUT2D eigenvalue weighted by atomic mass is 9.91. The molecule has 0 heterocycles. The van der Waals surface area contributed by atoms with Gasteiger partial charge in [0, 0.05) is 24.7 Å². The first-order valence-electron chi connectivity index (χ1n) is 11.7. The standard InChI is InChI=1S/C27H34N2O2/c1-2-21(16-19-6-4-3-5-7-19)25-17-26(25)29-24-14-12-23(13-15-24)28-18-20-8-10-22(11-9-20)27(30)31/h3-11,16,23-26,28-29H,2,12-15,17-18H2,1H3,(H,30,31)/b21-16+/t23-,24+,25-,26?/m0/s1. The van der Waals surface area contributed by atoms with E-state index in [4.69, 9.17) is 5.11 Å². The molecule has 0 saturated heterocycles. The molecule has 2 aliphatic rings. The van der Waals surface area contributed by atoms with Crippen LogP contribution in [0.2, 0.25) is 0 Å². The van der Waals surface area contributed by atoms with Crippen molar-refractivity contribution in [2.24, 2.45) is 5.92 Å². The van der Waals surface area contributed by atoms with Crippen molar-refractivity contribution in [2.75, 3.05) is 0 Å². The van der Waals surface area contributed by atoms with Gasteiger partial charge < -0.3 is 15.7 Å². The Morgan fingerprint density at radius 3 is 2.32 bits per heavy atom. The summed E-state index contributed by atoms with van der Waals surface area (Å²) in [4.78, 5) is 11.0. The SMILES string of the molecule is CC/C(=C\c1ccccc1)[C@@H]1CC1N[C@H]1CC[C@@H](NCc2ccc(C(=O)O)cc2)CC1. The fourth-order valence-corrected chi connectivity index (χ4v) is 4.82. The molecule has 2 saturated carbocycles. The van der Waals surface area contributed by atoms with E-state index in [1.165, 1.54) is 37.7 Å². The second-order valence-corrected chi connectivity index (χ2v) is 9.03. The summed E-state index contributed by atoms with van der Waals surface area (Å²) in [6, 6.07) is 19.7. The summed E-state index contributed by atoms with van der Waals surface area (Å²) in [5, 5.41) is 16.6. The summed E-state index contributed by atoms with van der Waals surface area (Å²) in [5.74, 6) is -0.167. The molecule has 2 fully saturated rings. The molecule has 4 heteroatoms. The normalized spacial score (nSPS) is 25.9. The van der Waals surface area contributed by atoms with Crippen LogP contribution < -0.4 is 10.6 Å². The number of carbonyl (C=O) groups is 1. The minimum atomic E-state index is -0.871. The van der Waals surface area contributed by atoms with Crippen LogP contribution in [0.3, 0.4) is 0 Å². The molecule has 2 aromatic rings. The molecule has 0 amide bonds. The summed E-state index contributed by atoms with van der Waals surface area (Å²) in [5.41, 5.74) is 4.38. The van der Waals surface area contributed by atoms with E-state index in [0.29, 0.717) is 29.6 Å². The van der Waals surface area contributed by atoms with E-state index in [9.17, 15) is 4.79 Å². The van der Waals surface area contributed by atoms with E-state index < -0.39 is 5.97 Å². The van der Waals surface area contributed by atoms with Crippen LogP contribution in [0.15, 0.2) is 60.2 Å². The Kier molecular flexibility index (Phi) is 7.21. The fourth-order valence-electron chi connectivity index (χ4n) is 4.82. The lowest BCUT2D eigenvalue weighted by Crippen LogP contribution is -2.40. The van der Waals surface area contributed by atoms with Gasteiger partial charge in [-0.1, -0.05) is 61.0 Å². The third-order valence-electron chi connectivity index (χ3n) is 6.80. The quantitative estimate of drug-likeness (QED) is 0.520. The molecule has 31 heavy (non-hydrogen) atoms. The number of aromatic carboxylic acids is 1. The molecule has 3 N–H and O–H groups in total. The number of benzene rings is 2. The maximum Gasteiger partial charge on any atom is 0.335 e. The van der Waals surface area contributed by atoms with Gasteiger partial charge in [0.1, 0.15) is 0 Å². The first kappa shape index (κ1) is 21.8. The van der Waals surface area contributed by atoms with Crippen LogP contribution in [-0.4, -0.2) is 29.2 Å². The molecule has 164 valence electrons. The first-order valence-corrected chi connectivity index (χ1v) is 11.7. The largest absolute Gasteiger partial charge is 0.478 e. The lowest BCUT2D eigenvalue weighted by Gasteiger charge is -2.30. The van der Waals surface area contributed by atoms with Crippen LogP contribution in [0.4, 0.5) is 0 Å². The van der Waals surface area contributed by atoms with Gasteiger partial charge in [-0.2, -0.15) is 0 Å². The van der Waals surface area contributed by atoms with Gasteiger partial charge in [0.05, 0.1) is 5.56 Å². The highest BCUT2D eigenvalue weighted by Gasteiger charge is 2.40. The number of hydrogen-bond acceptors (Lipinski definition) is 3. The Bertz CT molecular complexity index is 883. The van der Waals surface area contributed by atoms with Crippen molar-refractivity contribution >= 4 is 12.0 Å². The Morgan fingerprint density at radius 1 is 1.00 bits per heavy atom. The average Bonchev–Trinajstić information content (AvgIpc) is 3.56. The van der Waals surface area contributed by atoms with Crippen LogP contribution in [0.5, 0.6) is 0 Å². The molecule has 0 aliphatic heterocycles. The third kappa shape index (κ3) is 6.05. The summed E-state index contributed by atoms with van der Waals surface area (Å²) >= 11 is 0. The van der Waals surface area contributed by atoms with Gasteiger partial charge in [0.2, 0.25) is 0 Å². The average molecular weight is 419 g/mol. The van der Waals surface area contributed by atoms with E-state index in [1.807, 2.05) is 12.1 Å². The van der Waals surface area contributed by atoms with Gasteiger partial charge in [0.25, 0.3) is 0 Å². The summed E-state index contributed by atoms with van der Waals surface area (Å²) in [6.07, 6.45) is 9.63. The van der Waals surface area contributed by atoms with Gasteiger partial charge in [-0.3, -0.25) is 0 Å². The van der Waals surface area contributed by atoms with Crippen molar-refractivity contribution in [3.63, 3.8) is 0 Å². The highest BCUT2D eigenvalue weighted by Crippen LogP contribution is 2.40. The minimum Gasteiger partial charge on any atom is -0.478 e. The van der Waals surface area contributed by atoms with Gasteiger partial charge in [-0.25, -0.2) is 4.79 Å². The van der Waals surface area contributed by atoms with Crippen molar-refractivity contribution in [3.8, 4) is 0 Å². The van der Waals surface area contributed by atoms with Crippen LogP contribution in [-0.2, 0) is 6.54 Å². The zero-order valence-electron chi connectivity index (χ0n) is 18.4. The Morgan fingerprint density at radius 2 is 1.68 bits per heavy atom. The smallest absolute Gasteiger partial charge is 0.335 e. The molecule has 2 atom stereocenters. The van der Waals surface area contributed by atoms with Gasteiger partial charge >= 0.3 is 5.97 Å². The summed E-state index contributed by atoms with van der Waals surface area (Å²) < 4.78 is 0. The third-order valence-corrected chi connectivity index (χ3v) is 6.80. The van der Waals surface area contributed by atoms with Crippen molar-refractivity contribution in [2.45, 2.75) is 70.1 Å². The van der Waals surface area contributed by atoms with E-state index in [1.54, 1.807) is 17.7 Å². The van der Waals surface area contributed by atoms with E-state index >= 15 is 0 Å². The Hall–Kier alpha value is -2.43. The molecule has 4 rings (SSSR count). The summed E-state index contributed by atoms with van der Waals surface area (Å²) in [7, 11) is 0. The number of nitrogens with one attached hydrogen (secondary N) is 2. The molecule has 1 unspecified atom stereocenters. The topological polar surface area (TPSA) is 61.4 Å². The number of carboxylic acids is 1. The molecule has 0 bridgehead atoms. The predicted molar refractivity (Wildman–Crippen MR) is 126 cm³/mol. The molecular weight excluding hydrogens is 384 g/mol. The van der Waals surface area contributed by atoms with E-state index in [0.717, 1.165) is 18.5 Å². The molecule has 0 radical (unpaired) electrons. The van der Waals surface area contributed by atoms with Crippen molar-refractivity contribution in [3.05, 3.63) is 76.9 Å². The molecule has 4 nitrogen and oxygen atoms in total. The van der Waals surface area contributed by atoms with E-state index in [2.05, 4.69) is 54.0 Å². The van der Waals surface area contributed by atoms with Crippen LogP contribution in [0.25, 0.3) is 6.08 Å². The molecule has 2 aliphatic carbocycles. The highest BCUT2D eigenvalue weighted by atomic mass is 16.4. The summed E-state index contributed by atoms with van der Waals surface area (Å²) in [6.45, 7) is 3.08. The maximum absolute atomic E-state index is 11.0. The second-order valence-electron chi connectivity index (χ2n) is 9.03. The minimum absolute atomic E-state index is 0.346. The first-order chi connectivity index (χ1) is 15.1. The Labute approximate surface area is 185 Å². The van der Waals surface area contributed by atoms with Crippen LogP contribution in [0.1, 0.15) is 66.9 Å². The molecule has 0 spiro atoms. The second kappa shape index (κ2) is 10.3. The predicted octanol–water partition coefficient (Wildman–Crippen LogP) is 5.26. The monoisotopic (exact) mass is 418 g/mol. The number of hydrogen-bond donors (Lipinski definition) is 3. The molecular formula is C27H34N2O2. The zero-order valence-corrected chi connectivity index (χ0v) is 18.4. The zero-order chi connectivity index (χ0) is 21.6. The van der Waals surface area contributed by atoms with Gasteiger partial charge in [-0.15, -0.1) is 0 Å². The van der Waals surface area contributed by atoms with E-state index in [-0.39, 0.29) is 0 Å². The van der Waals surface area contributed by atoms with Gasteiger partial charge in [-0.05, 0) is 67.7 Å². The van der Waals surface area contributed by atoms with Crippen molar-refractivity contribution < 1.29 is 9.90 Å². The van der Waals surface area contributed by atoms with Gasteiger partial charge in [0.15, 0.2) is 0 Å². The van der Waals surface area contributed by atoms with Crippen LogP contribution >= 0.6 is 0 Å². The molecule has 2 aromatic carbocycles. The fraction of sp³-hybridized carbons (Fsp3) is 0.444.